The second kappa shape index (κ2) is 9.46. The second-order valence-corrected chi connectivity index (χ2v) is 6.70. The molecule has 1 aromatic heterocycles. The molecule has 0 atom stereocenters. The van der Waals surface area contributed by atoms with Gasteiger partial charge in [-0.05, 0) is 37.4 Å². The highest BCUT2D eigenvalue weighted by atomic mass is 16.5. The summed E-state index contributed by atoms with van der Waals surface area (Å²) in [5.74, 6) is 2.62. The summed E-state index contributed by atoms with van der Waals surface area (Å²) in [4.78, 5) is 5.96. The summed E-state index contributed by atoms with van der Waals surface area (Å²) in [5.41, 5.74) is 3.42. The van der Waals surface area contributed by atoms with Gasteiger partial charge in [0.1, 0.15) is 22.5 Å². The normalized spacial score (nSPS) is 11.2. The first kappa shape index (κ1) is 20.0. The second-order valence-electron chi connectivity index (χ2n) is 6.70. The Morgan fingerprint density at radius 3 is 2.54 bits per heavy atom. The van der Waals surface area contributed by atoms with Crippen molar-refractivity contribution >= 4 is 17.0 Å². The lowest BCUT2D eigenvalue weighted by Gasteiger charge is -2.17. The molecule has 6 heteroatoms. The molecule has 6 nitrogen and oxygen atoms in total. The van der Waals surface area contributed by atoms with E-state index in [2.05, 4.69) is 57.9 Å². The highest BCUT2D eigenvalue weighted by molar-refractivity contribution is 5.72. The van der Waals surface area contributed by atoms with E-state index in [-0.39, 0.29) is 0 Å². The summed E-state index contributed by atoms with van der Waals surface area (Å²) in [6, 6.07) is 14.3. The largest absolute Gasteiger partial charge is 0.497 e. The van der Waals surface area contributed by atoms with E-state index in [0.29, 0.717) is 6.54 Å². The van der Waals surface area contributed by atoms with Gasteiger partial charge in [-0.1, -0.05) is 26.0 Å². The number of fused-ring (bicyclic) bond motifs is 1. The third kappa shape index (κ3) is 4.39. The predicted octanol–water partition coefficient (Wildman–Crippen LogP) is 3.43. The number of aromatic nitrogens is 2. The number of ether oxygens (including phenoxy) is 2. The molecule has 0 bridgehead atoms. The first-order valence-electron chi connectivity index (χ1n) is 9.87. The number of H-pyrrole nitrogens is 1. The van der Waals surface area contributed by atoms with Crippen molar-refractivity contribution in [3.8, 4) is 11.5 Å². The summed E-state index contributed by atoms with van der Waals surface area (Å²) in [7, 11) is 3.35. The molecule has 0 fully saturated rings. The Morgan fingerprint density at radius 1 is 1.04 bits per heavy atom. The van der Waals surface area contributed by atoms with E-state index in [1.54, 1.807) is 14.2 Å². The number of rotatable bonds is 10. The number of nitrogens with one attached hydrogen (secondary N) is 2. The Morgan fingerprint density at radius 2 is 1.82 bits per heavy atom. The quantitative estimate of drug-likeness (QED) is 0.527. The molecule has 1 heterocycles. The highest BCUT2D eigenvalue weighted by Crippen LogP contribution is 2.25. The van der Waals surface area contributed by atoms with Crippen molar-refractivity contribution in [3.63, 3.8) is 0 Å². The van der Waals surface area contributed by atoms with Gasteiger partial charge in [0.15, 0.2) is 0 Å². The van der Waals surface area contributed by atoms with Crippen LogP contribution < -0.4 is 19.4 Å². The van der Waals surface area contributed by atoms with Crippen molar-refractivity contribution in [3.05, 3.63) is 48.0 Å². The highest BCUT2D eigenvalue weighted by Gasteiger charge is 2.18. The van der Waals surface area contributed by atoms with E-state index in [9.17, 15) is 0 Å². The summed E-state index contributed by atoms with van der Waals surface area (Å²) >= 11 is 0. The summed E-state index contributed by atoms with van der Waals surface area (Å²) in [5, 5.41) is 3.56. The van der Waals surface area contributed by atoms with Crippen LogP contribution in [0.5, 0.6) is 11.5 Å². The van der Waals surface area contributed by atoms with Crippen LogP contribution in [0, 0.1) is 0 Å². The average Bonchev–Trinajstić information content (AvgIpc) is 3.10. The predicted molar refractivity (Wildman–Crippen MR) is 113 cm³/mol. The molecule has 3 rings (SSSR count). The number of imidazole rings is 1. The van der Waals surface area contributed by atoms with Gasteiger partial charge in [0.05, 0.1) is 27.3 Å². The molecular weight excluding hydrogens is 352 g/mol. The molecule has 0 aliphatic carbocycles. The topological polar surface area (TPSA) is 53.4 Å². The smallest absolute Gasteiger partial charge is 0.356 e. The van der Waals surface area contributed by atoms with E-state index in [4.69, 9.17) is 9.47 Å². The van der Waals surface area contributed by atoms with Crippen molar-refractivity contribution < 1.29 is 14.0 Å². The van der Waals surface area contributed by atoms with Crippen LogP contribution in [0.15, 0.2) is 42.5 Å². The van der Waals surface area contributed by atoms with Gasteiger partial charge in [-0.2, -0.15) is 0 Å². The SMILES string of the molecule is CCN(CC)CC[n+]1c(NCc2ccc(OC)cc2OC)[nH]c2ccccc21. The van der Waals surface area contributed by atoms with Crippen molar-refractivity contribution in [1.29, 1.82) is 0 Å². The van der Waals surface area contributed by atoms with Gasteiger partial charge in [-0.15, -0.1) is 0 Å². The molecule has 0 saturated carbocycles. The lowest BCUT2D eigenvalue weighted by Crippen LogP contribution is -2.42. The minimum Gasteiger partial charge on any atom is -0.497 e. The van der Waals surface area contributed by atoms with Crippen LogP contribution in [0.2, 0.25) is 0 Å². The van der Waals surface area contributed by atoms with Gasteiger partial charge in [0.2, 0.25) is 0 Å². The molecule has 0 aliphatic heterocycles. The number of likely N-dealkylation sites (N-methyl/N-ethyl adjacent to an activating group) is 1. The number of para-hydroxylation sites is 2. The van der Waals surface area contributed by atoms with Gasteiger partial charge < -0.3 is 14.4 Å². The zero-order valence-electron chi connectivity index (χ0n) is 17.3. The van der Waals surface area contributed by atoms with Gasteiger partial charge in [-0.25, -0.2) is 9.55 Å². The van der Waals surface area contributed by atoms with Crippen LogP contribution in [-0.4, -0.2) is 43.7 Å². The van der Waals surface area contributed by atoms with Gasteiger partial charge in [-0.3, -0.25) is 5.32 Å². The molecule has 2 aromatic carbocycles. The molecule has 0 saturated heterocycles. The van der Waals surface area contributed by atoms with E-state index >= 15 is 0 Å². The summed E-state index contributed by atoms with van der Waals surface area (Å²) in [6.07, 6.45) is 0. The maximum Gasteiger partial charge on any atom is 0.356 e. The van der Waals surface area contributed by atoms with Crippen molar-refractivity contribution in [2.75, 3.05) is 39.2 Å². The minimum absolute atomic E-state index is 0.658. The third-order valence-electron chi connectivity index (χ3n) is 5.19. The molecule has 28 heavy (non-hydrogen) atoms. The summed E-state index contributed by atoms with van der Waals surface area (Å²) in [6.45, 7) is 9.13. The fraction of sp³-hybridized carbons (Fsp3) is 0.409. The number of aromatic amines is 1. The third-order valence-corrected chi connectivity index (χ3v) is 5.19. The Kier molecular flexibility index (Phi) is 6.76. The zero-order valence-corrected chi connectivity index (χ0v) is 17.3. The first-order chi connectivity index (χ1) is 13.7. The maximum atomic E-state index is 5.53. The van der Waals surface area contributed by atoms with Crippen LogP contribution >= 0.6 is 0 Å². The van der Waals surface area contributed by atoms with E-state index in [1.165, 1.54) is 5.52 Å². The average molecular weight is 384 g/mol. The van der Waals surface area contributed by atoms with Gasteiger partial charge >= 0.3 is 5.95 Å². The Labute approximate surface area is 167 Å². The van der Waals surface area contributed by atoms with Crippen molar-refractivity contribution in [1.82, 2.24) is 9.88 Å². The van der Waals surface area contributed by atoms with Crippen LogP contribution in [0.3, 0.4) is 0 Å². The number of nitrogens with zero attached hydrogens (tertiary/aromatic N) is 2. The fourth-order valence-corrected chi connectivity index (χ4v) is 3.46. The lowest BCUT2D eigenvalue weighted by molar-refractivity contribution is -0.656. The van der Waals surface area contributed by atoms with Crippen molar-refractivity contribution in [2.24, 2.45) is 0 Å². The molecular formula is C22H31N4O2+. The van der Waals surface area contributed by atoms with Crippen LogP contribution in [0.25, 0.3) is 11.0 Å². The number of methoxy groups -OCH3 is 2. The van der Waals surface area contributed by atoms with E-state index < -0.39 is 0 Å². The standard InChI is InChI=1S/C22H30N4O2/c1-5-25(6-2)13-14-26-20-10-8-7-9-19(20)24-22(26)23-16-17-11-12-18(27-3)15-21(17)28-4/h7-12,15H,5-6,13-14,16H2,1-4H3,(H,23,24)/p+1. The monoisotopic (exact) mass is 383 g/mol. The molecule has 3 aromatic rings. The molecule has 150 valence electrons. The Balaban J connectivity index is 1.83. The molecule has 2 N–H and O–H groups in total. The Bertz CT molecular complexity index is 903. The number of anilines is 1. The van der Waals surface area contributed by atoms with Crippen LogP contribution in [0.1, 0.15) is 19.4 Å². The van der Waals surface area contributed by atoms with E-state index in [0.717, 1.165) is 54.7 Å². The van der Waals surface area contributed by atoms with Crippen LogP contribution in [-0.2, 0) is 13.1 Å². The lowest BCUT2D eigenvalue weighted by atomic mass is 10.2. The first-order valence-corrected chi connectivity index (χ1v) is 9.87. The summed E-state index contributed by atoms with van der Waals surface area (Å²) < 4.78 is 13.1. The number of hydrogen-bond donors (Lipinski definition) is 2. The zero-order chi connectivity index (χ0) is 19.9. The molecule has 0 aliphatic rings. The molecule has 0 spiro atoms. The van der Waals surface area contributed by atoms with Crippen LogP contribution in [0.4, 0.5) is 5.95 Å². The Hall–Kier alpha value is -2.73. The van der Waals surface area contributed by atoms with Gasteiger partial charge in [0, 0.05) is 18.2 Å². The molecule has 0 unspecified atom stereocenters. The van der Waals surface area contributed by atoms with Crippen molar-refractivity contribution in [2.45, 2.75) is 26.9 Å². The maximum absolute atomic E-state index is 5.53. The minimum atomic E-state index is 0.658. The number of benzene rings is 2. The number of hydrogen-bond acceptors (Lipinski definition) is 4. The molecule has 0 amide bonds. The van der Waals surface area contributed by atoms with E-state index in [1.807, 2.05) is 18.2 Å². The molecule has 0 radical (unpaired) electrons. The fourth-order valence-electron chi connectivity index (χ4n) is 3.46. The van der Waals surface area contributed by atoms with Gasteiger partial charge in [0.25, 0.3) is 0 Å².